The van der Waals surface area contributed by atoms with Crippen LogP contribution in [-0.2, 0) is 10.2 Å². The number of amides is 2. The largest absolute Gasteiger partial charge is 0.492 e. The highest BCUT2D eigenvalue weighted by molar-refractivity contribution is 5.99. The normalized spacial score (nSPS) is 13.4. The molecule has 0 spiro atoms. The van der Waals surface area contributed by atoms with Crippen molar-refractivity contribution in [1.29, 1.82) is 0 Å². The fourth-order valence-electron chi connectivity index (χ4n) is 3.50. The van der Waals surface area contributed by atoms with Crippen LogP contribution in [0.4, 0.5) is 16.3 Å². The molecular formula is C30H38N4O4. The monoisotopic (exact) mass is 518 g/mol. The smallest absolute Gasteiger partial charge is 0.324 e. The predicted molar refractivity (Wildman–Crippen MR) is 151 cm³/mol. The molecule has 0 radical (unpaired) electrons. The van der Waals surface area contributed by atoms with Crippen molar-refractivity contribution in [1.82, 2.24) is 10.1 Å². The molecule has 1 fully saturated rings. The zero-order valence-electron chi connectivity index (χ0n) is 23.0. The fourth-order valence-corrected chi connectivity index (χ4v) is 3.50. The topological polar surface area (TPSA) is 88.9 Å². The van der Waals surface area contributed by atoms with Crippen LogP contribution in [0.25, 0.3) is 0 Å². The molecule has 2 amide bonds. The van der Waals surface area contributed by atoms with Crippen LogP contribution >= 0.6 is 0 Å². The maximum absolute atomic E-state index is 12.3. The van der Waals surface area contributed by atoms with E-state index in [0.717, 1.165) is 49.7 Å². The summed E-state index contributed by atoms with van der Waals surface area (Å²) in [5.41, 5.74) is 2.22. The second-order valence-corrected chi connectivity index (χ2v) is 9.56. The number of morpholine rings is 1. The van der Waals surface area contributed by atoms with Crippen molar-refractivity contribution in [3.05, 3.63) is 71.5 Å². The Morgan fingerprint density at radius 3 is 2.16 bits per heavy atom. The molecule has 2 aromatic carbocycles. The summed E-state index contributed by atoms with van der Waals surface area (Å²) in [5.74, 6) is 8.21. The van der Waals surface area contributed by atoms with E-state index in [4.69, 9.17) is 14.0 Å². The minimum atomic E-state index is -0.394. The number of anilines is 2. The quantitative estimate of drug-likeness (QED) is 0.404. The van der Waals surface area contributed by atoms with Crippen LogP contribution < -0.4 is 15.4 Å². The van der Waals surface area contributed by atoms with Gasteiger partial charge < -0.3 is 19.3 Å². The summed E-state index contributed by atoms with van der Waals surface area (Å²) in [6.45, 7) is 15.1. The fraction of sp³-hybridized carbons (Fsp3) is 0.400. The van der Waals surface area contributed by atoms with Crippen LogP contribution in [0.15, 0.2) is 59.1 Å². The molecule has 8 heteroatoms. The molecule has 0 saturated carbocycles. The number of carbonyl (C=O) groups is 1. The van der Waals surface area contributed by atoms with E-state index in [1.165, 1.54) is 0 Å². The molecule has 2 heterocycles. The average Bonchev–Trinajstić information content (AvgIpc) is 3.40. The van der Waals surface area contributed by atoms with E-state index in [1.807, 2.05) is 71.0 Å². The van der Waals surface area contributed by atoms with E-state index in [0.29, 0.717) is 23.9 Å². The highest BCUT2D eigenvalue weighted by Gasteiger charge is 2.20. The SMILES string of the molecule is CC.CC(C)(C)c1cc(NC(=O)Nc2ccc(C#Cc3ccc(OCCN4CCOCC4)cc3)cc2)no1. The van der Waals surface area contributed by atoms with Crippen molar-refractivity contribution in [2.45, 2.75) is 40.0 Å². The molecule has 0 atom stereocenters. The lowest BCUT2D eigenvalue weighted by Crippen LogP contribution is -2.38. The Kier molecular flexibility index (Phi) is 10.8. The van der Waals surface area contributed by atoms with Gasteiger partial charge >= 0.3 is 6.03 Å². The molecule has 8 nitrogen and oxygen atoms in total. The molecule has 2 N–H and O–H groups in total. The van der Waals surface area contributed by atoms with Gasteiger partial charge in [0, 0.05) is 47.9 Å². The second-order valence-electron chi connectivity index (χ2n) is 9.56. The Labute approximate surface area is 225 Å². The Morgan fingerprint density at radius 2 is 1.58 bits per heavy atom. The number of hydrogen-bond acceptors (Lipinski definition) is 6. The van der Waals surface area contributed by atoms with Gasteiger partial charge in [-0.1, -0.05) is 51.6 Å². The third-order valence-electron chi connectivity index (χ3n) is 5.62. The molecule has 0 unspecified atom stereocenters. The van der Waals surface area contributed by atoms with Crippen LogP contribution in [0, 0.1) is 11.8 Å². The lowest BCUT2D eigenvalue weighted by molar-refractivity contribution is 0.0322. The van der Waals surface area contributed by atoms with Crippen molar-refractivity contribution in [2.24, 2.45) is 0 Å². The number of urea groups is 1. The maximum atomic E-state index is 12.3. The number of aromatic nitrogens is 1. The molecule has 1 aliphatic heterocycles. The van der Waals surface area contributed by atoms with Gasteiger partial charge in [-0.3, -0.25) is 10.2 Å². The minimum absolute atomic E-state index is 0.181. The first-order valence-corrected chi connectivity index (χ1v) is 13.1. The number of nitrogens with one attached hydrogen (secondary N) is 2. The molecule has 1 saturated heterocycles. The van der Waals surface area contributed by atoms with E-state index < -0.39 is 6.03 Å². The summed E-state index contributed by atoms with van der Waals surface area (Å²) in [6.07, 6.45) is 0. The predicted octanol–water partition coefficient (Wildman–Crippen LogP) is 5.75. The van der Waals surface area contributed by atoms with Crippen LogP contribution in [0.5, 0.6) is 5.75 Å². The van der Waals surface area contributed by atoms with Gasteiger partial charge in [-0.25, -0.2) is 4.79 Å². The standard InChI is InChI=1S/C28H32N4O4.C2H6/c1-28(2,3)25-20-26(31-36-25)30-27(33)29-23-10-6-21(7-11-23)4-5-22-8-12-24(13-9-22)35-19-16-32-14-17-34-18-15-32;1-2/h6-13,20H,14-19H2,1-3H3,(H2,29,30,31,33);1-2H3. The molecule has 0 aliphatic carbocycles. The number of nitrogens with zero attached hydrogens (tertiary/aromatic N) is 2. The Balaban J connectivity index is 0.00000195. The van der Waals surface area contributed by atoms with E-state index in [2.05, 4.69) is 32.5 Å². The van der Waals surface area contributed by atoms with E-state index >= 15 is 0 Å². The maximum Gasteiger partial charge on any atom is 0.324 e. The van der Waals surface area contributed by atoms with Crippen LogP contribution in [-0.4, -0.2) is 55.5 Å². The van der Waals surface area contributed by atoms with Crippen molar-refractivity contribution in [2.75, 3.05) is 50.1 Å². The molecule has 1 aliphatic rings. The van der Waals surface area contributed by atoms with Gasteiger partial charge in [0.15, 0.2) is 5.82 Å². The third kappa shape index (κ3) is 9.25. The molecular weight excluding hydrogens is 480 g/mol. The van der Waals surface area contributed by atoms with Crippen LogP contribution in [0.2, 0.25) is 0 Å². The molecule has 4 rings (SSSR count). The van der Waals surface area contributed by atoms with Crippen molar-refractivity contribution < 1.29 is 18.8 Å². The third-order valence-corrected chi connectivity index (χ3v) is 5.62. The number of carbonyl (C=O) groups excluding carboxylic acids is 1. The molecule has 3 aromatic rings. The minimum Gasteiger partial charge on any atom is -0.492 e. The summed E-state index contributed by atoms with van der Waals surface area (Å²) in [4.78, 5) is 14.6. The molecule has 202 valence electrons. The Hall–Kier alpha value is -3.80. The van der Waals surface area contributed by atoms with Crippen molar-refractivity contribution in [3.8, 4) is 17.6 Å². The van der Waals surface area contributed by atoms with Crippen LogP contribution in [0.1, 0.15) is 51.5 Å². The zero-order chi connectivity index (χ0) is 27.4. The van der Waals surface area contributed by atoms with Gasteiger partial charge in [0.1, 0.15) is 18.1 Å². The van der Waals surface area contributed by atoms with Gasteiger partial charge in [-0.05, 0) is 48.5 Å². The van der Waals surface area contributed by atoms with Gasteiger partial charge in [0.05, 0.1) is 13.2 Å². The number of ether oxygens (including phenoxy) is 2. The average molecular weight is 519 g/mol. The lowest BCUT2D eigenvalue weighted by atomic mass is 9.93. The number of rotatable bonds is 6. The van der Waals surface area contributed by atoms with E-state index in [9.17, 15) is 4.79 Å². The van der Waals surface area contributed by atoms with Gasteiger partial charge in [-0.2, -0.15) is 0 Å². The molecule has 0 bridgehead atoms. The summed E-state index contributed by atoms with van der Waals surface area (Å²) in [5, 5.41) is 9.35. The first-order chi connectivity index (χ1) is 18.3. The second kappa shape index (κ2) is 14.2. The summed E-state index contributed by atoms with van der Waals surface area (Å²) in [6, 6.07) is 16.4. The first kappa shape index (κ1) is 28.8. The summed E-state index contributed by atoms with van der Waals surface area (Å²) in [7, 11) is 0. The van der Waals surface area contributed by atoms with E-state index in [1.54, 1.807) is 18.2 Å². The van der Waals surface area contributed by atoms with Crippen molar-refractivity contribution >= 4 is 17.5 Å². The molecule has 1 aromatic heterocycles. The summed E-state index contributed by atoms with van der Waals surface area (Å²) >= 11 is 0. The first-order valence-electron chi connectivity index (χ1n) is 13.1. The number of benzene rings is 2. The van der Waals surface area contributed by atoms with Gasteiger partial charge in [-0.15, -0.1) is 0 Å². The van der Waals surface area contributed by atoms with Gasteiger partial charge in [0.2, 0.25) is 0 Å². The van der Waals surface area contributed by atoms with Crippen molar-refractivity contribution in [3.63, 3.8) is 0 Å². The summed E-state index contributed by atoms with van der Waals surface area (Å²) < 4.78 is 16.5. The van der Waals surface area contributed by atoms with E-state index in [-0.39, 0.29) is 5.41 Å². The lowest BCUT2D eigenvalue weighted by Gasteiger charge is -2.26. The highest BCUT2D eigenvalue weighted by Crippen LogP contribution is 2.24. The van der Waals surface area contributed by atoms with Crippen LogP contribution in [0.3, 0.4) is 0 Å². The Bertz CT molecular complexity index is 1200. The Morgan fingerprint density at radius 1 is 0.974 bits per heavy atom. The molecule has 38 heavy (non-hydrogen) atoms. The zero-order valence-corrected chi connectivity index (χ0v) is 23.0. The van der Waals surface area contributed by atoms with Gasteiger partial charge in [0.25, 0.3) is 0 Å². The number of hydrogen-bond donors (Lipinski definition) is 2. The highest BCUT2D eigenvalue weighted by atomic mass is 16.5.